The van der Waals surface area contributed by atoms with Crippen LogP contribution in [0.5, 0.6) is 0 Å². The highest BCUT2D eigenvalue weighted by Crippen LogP contribution is 2.48. The predicted octanol–water partition coefficient (Wildman–Crippen LogP) is 2.08. The molecule has 8 heteroatoms. The summed E-state index contributed by atoms with van der Waals surface area (Å²) in [6.45, 7) is 3.58. The van der Waals surface area contributed by atoms with E-state index in [4.69, 9.17) is 9.05 Å². The Labute approximate surface area is 132 Å². The van der Waals surface area contributed by atoms with Gasteiger partial charge in [0.25, 0.3) is 0 Å². The Balaban J connectivity index is 2.19. The Kier molecular flexibility index (Phi) is 4.02. The molecule has 0 aliphatic heterocycles. The van der Waals surface area contributed by atoms with E-state index in [0.29, 0.717) is 0 Å². The van der Waals surface area contributed by atoms with E-state index in [2.05, 4.69) is 10.2 Å². The maximum atomic E-state index is 12.9. The quantitative estimate of drug-likeness (QED) is 0.717. The first-order valence-corrected chi connectivity index (χ1v) is 8.74. The molecule has 0 spiro atoms. The highest BCUT2D eigenvalue weighted by atomic mass is 31.2. The number of hydrogen-bond acceptors (Lipinski definition) is 6. The molecule has 1 aromatic carbocycles. The molecule has 1 aromatic heterocycles. The van der Waals surface area contributed by atoms with Crippen LogP contribution in [0.2, 0.25) is 0 Å². The molecule has 0 saturated carbocycles. The Bertz CT molecular complexity index is 832. The van der Waals surface area contributed by atoms with Crippen LogP contribution in [0.4, 0.5) is 0 Å². The van der Waals surface area contributed by atoms with Crippen LogP contribution in [0.3, 0.4) is 0 Å². The number of hydrogen-bond donors (Lipinski definition) is 1. The first-order valence-electron chi connectivity index (χ1n) is 7.20. The van der Waals surface area contributed by atoms with Gasteiger partial charge in [-0.05, 0) is 13.8 Å². The van der Waals surface area contributed by atoms with E-state index in [1.807, 2.05) is 0 Å². The van der Waals surface area contributed by atoms with E-state index in [9.17, 15) is 14.2 Å². The zero-order valence-corrected chi connectivity index (χ0v) is 13.6. The lowest BCUT2D eigenvalue weighted by atomic mass is 9.88. The number of benzene rings is 1. The summed E-state index contributed by atoms with van der Waals surface area (Å²) in [5, 5.41) is 6.41. The number of rotatable bonds is 5. The van der Waals surface area contributed by atoms with Crippen molar-refractivity contribution in [3.63, 3.8) is 0 Å². The maximum Gasteiger partial charge on any atom is 0.379 e. The van der Waals surface area contributed by atoms with Crippen LogP contribution in [-0.4, -0.2) is 35.0 Å². The molecule has 1 N–H and O–H groups in total. The number of nitrogens with one attached hydrogen (secondary N) is 1. The normalized spacial score (nSPS) is 13.8. The number of aromatic amines is 1. The molecule has 120 valence electrons. The molecule has 0 unspecified atom stereocenters. The van der Waals surface area contributed by atoms with Gasteiger partial charge >= 0.3 is 7.60 Å². The second-order valence-corrected chi connectivity index (χ2v) is 6.79. The van der Waals surface area contributed by atoms with Crippen molar-refractivity contribution in [2.75, 3.05) is 13.2 Å². The molecular weight excluding hydrogens is 319 g/mol. The molecule has 7 nitrogen and oxygen atoms in total. The van der Waals surface area contributed by atoms with Crippen molar-refractivity contribution >= 4 is 24.6 Å². The molecule has 23 heavy (non-hydrogen) atoms. The molecule has 3 rings (SSSR count). The van der Waals surface area contributed by atoms with Crippen molar-refractivity contribution in [3.8, 4) is 0 Å². The van der Waals surface area contributed by atoms with Gasteiger partial charge in [0.1, 0.15) is 5.69 Å². The fourth-order valence-corrected chi connectivity index (χ4v) is 4.22. The van der Waals surface area contributed by atoms with Crippen LogP contribution < -0.4 is 5.44 Å². The lowest BCUT2D eigenvalue weighted by Crippen LogP contribution is -2.26. The van der Waals surface area contributed by atoms with Gasteiger partial charge < -0.3 is 9.05 Å². The molecule has 0 atom stereocenters. The van der Waals surface area contributed by atoms with Crippen molar-refractivity contribution in [1.29, 1.82) is 0 Å². The Hall–Kier alpha value is -2.08. The molecule has 0 radical (unpaired) electrons. The Morgan fingerprint density at radius 1 is 1.04 bits per heavy atom. The van der Waals surface area contributed by atoms with Gasteiger partial charge in [-0.15, -0.1) is 0 Å². The van der Waals surface area contributed by atoms with Crippen molar-refractivity contribution in [2.45, 2.75) is 13.8 Å². The predicted molar refractivity (Wildman–Crippen MR) is 82.4 cm³/mol. The highest BCUT2D eigenvalue weighted by Gasteiger charge is 2.41. The number of fused-ring (bicyclic) bond motifs is 2. The molecule has 1 aliphatic carbocycles. The van der Waals surface area contributed by atoms with Crippen LogP contribution in [0.1, 0.15) is 45.8 Å². The van der Waals surface area contributed by atoms with Gasteiger partial charge in [-0.3, -0.25) is 19.3 Å². The smallest absolute Gasteiger partial charge is 0.304 e. The molecule has 0 saturated heterocycles. The molecule has 1 aliphatic rings. The third kappa shape index (κ3) is 2.37. The Morgan fingerprint density at radius 3 is 2.17 bits per heavy atom. The second kappa shape index (κ2) is 5.85. The summed E-state index contributed by atoms with van der Waals surface area (Å²) in [4.78, 5) is 25.2. The van der Waals surface area contributed by atoms with Crippen molar-refractivity contribution in [3.05, 3.63) is 46.6 Å². The number of H-pyrrole nitrogens is 1. The first-order chi connectivity index (χ1) is 11.0. The monoisotopic (exact) mass is 334 g/mol. The van der Waals surface area contributed by atoms with Crippen molar-refractivity contribution in [1.82, 2.24) is 10.2 Å². The molecule has 0 fully saturated rings. The number of ketones is 2. The summed E-state index contributed by atoms with van der Waals surface area (Å²) in [5.41, 5.74) is 0.393. The largest absolute Gasteiger partial charge is 0.379 e. The Morgan fingerprint density at radius 2 is 1.61 bits per heavy atom. The lowest BCUT2D eigenvalue weighted by molar-refractivity contribution is 0.0977. The number of nitrogens with zero attached hydrogens (tertiary/aromatic N) is 1. The number of carbonyl (C=O) groups excluding carboxylic acids is 2. The van der Waals surface area contributed by atoms with Gasteiger partial charge in [-0.1, -0.05) is 24.3 Å². The summed E-state index contributed by atoms with van der Waals surface area (Å²) < 4.78 is 23.4. The zero-order chi connectivity index (χ0) is 16.6. The number of carbonyl (C=O) groups is 2. The van der Waals surface area contributed by atoms with E-state index in [-0.39, 0.29) is 41.0 Å². The van der Waals surface area contributed by atoms with E-state index >= 15 is 0 Å². The fourth-order valence-electron chi connectivity index (χ4n) is 2.56. The average molecular weight is 334 g/mol. The van der Waals surface area contributed by atoms with E-state index in [1.165, 1.54) is 0 Å². The molecular formula is C15H15N2O5P. The number of aromatic nitrogens is 2. The van der Waals surface area contributed by atoms with Crippen LogP contribution in [-0.2, 0) is 13.6 Å². The van der Waals surface area contributed by atoms with Crippen LogP contribution >= 0.6 is 7.60 Å². The topological polar surface area (TPSA) is 98.3 Å². The third-order valence-electron chi connectivity index (χ3n) is 3.48. The highest BCUT2D eigenvalue weighted by molar-refractivity contribution is 7.62. The van der Waals surface area contributed by atoms with E-state index in [1.54, 1.807) is 38.1 Å². The minimum atomic E-state index is -3.75. The summed E-state index contributed by atoms with van der Waals surface area (Å²) in [5.74, 6) is -0.809. The van der Waals surface area contributed by atoms with Crippen molar-refractivity contribution < 1.29 is 23.2 Å². The standard InChI is InChI=1S/C15H15N2O5P/c1-3-21-23(20,22-4-2)15-11-12(16-17-15)14(19)10-8-6-5-7-9(10)13(11)18/h5-8H,3-4H2,1-2H3,(H,16,17). The fraction of sp³-hybridized carbons (Fsp3) is 0.267. The minimum Gasteiger partial charge on any atom is -0.304 e. The van der Waals surface area contributed by atoms with Crippen LogP contribution in [0.15, 0.2) is 24.3 Å². The molecule has 0 amide bonds. The summed E-state index contributed by atoms with van der Waals surface area (Å²) in [6, 6.07) is 6.46. The minimum absolute atomic E-state index is 0.0288. The third-order valence-corrected chi connectivity index (χ3v) is 5.55. The van der Waals surface area contributed by atoms with Gasteiger partial charge in [-0.2, -0.15) is 5.10 Å². The average Bonchev–Trinajstić information content (AvgIpc) is 2.99. The maximum absolute atomic E-state index is 12.9. The lowest BCUT2D eigenvalue weighted by Gasteiger charge is -2.18. The molecule has 0 bridgehead atoms. The zero-order valence-electron chi connectivity index (χ0n) is 12.7. The van der Waals surface area contributed by atoms with Gasteiger partial charge in [-0.25, -0.2) is 0 Å². The first kappa shape index (κ1) is 15.8. The van der Waals surface area contributed by atoms with Gasteiger partial charge in [0.05, 0.1) is 18.8 Å². The van der Waals surface area contributed by atoms with E-state index in [0.717, 1.165) is 0 Å². The van der Waals surface area contributed by atoms with Crippen LogP contribution in [0, 0.1) is 0 Å². The molecule has 1 heterocycles. The van der Waals surface area contributed by atoms with Crippen molar-refractivity contribution in [2.24, 2.45) is 0 Å². The summed E-state index contributed by atoms with van der Waals surface area (Å²) >= 11 is 0. The van der Waals surface area contributed by atoms with Gasteiger partial charge in [0.2, 0.25) is 5.78 Å². The second-order valence-electron chi connectivity index (χ2n) is 4.83. The summed E-state index contributed by atoms with van der Waals surface area (Å²) in [7, 11) is -3.75. The van der Waals surface area contributed by atoms with E-state index < -0.39 is 19.2 Å². The SMILES string of the molecule is CCOP(=O)(OCC)c1[nH]nc2c1C(=O)c1ccccc1C2=O. The molecule has 2 aromatic rings. The van der Waals surface area contributed by atoms with Gasteiger partial charge in [0, 0.05) is 11.1 Å². The van der Waals surface area contributed by atoms with Gasteiger partial charge in [0.15, 0.2) is 11.2 Å². The summed E-state index contributed by atoms with van der Waals surface area (Å²) in [6.07, 6.45) is 0. The van der Waals surface area contributed by atoms with Crippen LogP contribution in [0.25, 0.3) is 0 Å².